The Kier molecular flexibility index (Phi) is 5.18. The Morgan fingerprint density at radius 2 is 1.65 bits per heavy atom. The highest BCUT2D eigenvalue weighted by molar-refractivity contribution is 5.94. The number of hydrogen-bond acceptors (Lipinski definition) is 4. The molecule has 0 amide bonds. The summed E-state index contributed by atoms with van der Waals surface area (Å²) < 4.78 is 2.13. The molecule has 0 radical (unpaired) electrons. The second kappa shape index (κ2) is 8.63. The first kappa shape index (κ1) is 20.4. The molecule has 3 aromatic carbocycles. The summed E-state index contributed by atoms with van der Waals surface area (Å²) in [4.78, 5) is 19.1. The number of anilines is 1. The molecular weight excluding hydrogens is 420 g/mol. The van der Waals surface area contributed by atoms with Crippen LogP contribution in [-0.2, 0) is 7.05 Å². The lowest BCUT2D eigenvalue weighted by Crippen LogP contribution is -2.18. The van der Waals surface area contributed by atoms with E-state index in [-0.39, 0.29) is 0 Å². The second-order valence-corrected chi connectivity index (χ2v) is 8.70. The molecule has 0 unspecified atom stereocenters. The molecule has 0 saturated carbocycles. The van der Waals surface area contributed by atoms with Crippen molar-refractivity contribution in [3.8, 4) is 11.1 Å². The van der Waals surface area contributed by atoms with Crippen molar-refractivity contribution in [3.05, 3.63) is 85.3 Å². The first-order valence-electron chi connectivity index (χ1n) is 11.7. The molecule has 1 saturated heterocycles. The van der Waals surface area contributed by atoms with Crippen LogP contribution in [0.15, 0.2) is 85.3 Å². The minimum atomic E-state index is 0.928. The Hall–Kier alpha value is -4.19. The standard InChI is InChI=1S/C17H13N3.C11H13N3/c1-20-10-7-12-5-6-13(11-16(12)20)14-3-2-4-15-17(14)19-9-8-18-15;1-2-6-10-9(5-1)12-11(13-10)14-7-3-4-8-14/h2-11H,1H3;1-2,5-6H,3-4,7-8H2,(H,12,13). The van der Waals surface area contributed by atoms with Crippen LogP contribution in [0.2, 0.25) is 0 Å². The summed E-state index contributed by atoms with van der Waals surface area (Å²) >= 11 is 0. The zero-order valence-electron chi connectivity index (χ0n) is 19.1. The molecule has 1 N–H and O–H groups in total. The van der Waals surface area contributed by atoms with Crippen LogP contribution < -0.4 is 4.90 Å². The van der Waals surface area contributed by atoms with E-state index < -0.39 is 0 Å². The van der Waals surface area contributed by atoms with Crippen molar-refractivity contribution >= 4 is 38.9 Å². The lowest BCUT2D eigenvalue weighted by Gasteiger charge is -2.12. The number of imidazole rings is 1. The number of aromatic amines is 1. The van der Waals surface area contributed by atoms with Crippen LogP contribution in [-0.4, -0.2) is 37.6 Å². The summed E-state index contributed by atoms with van der Waals surface area (Å²) in [5, 5.41) is 1.25. The molecule has 0 aliphatic carbocycles. The van der Waals surface area contributed by atoms with Crippen molar-refractivity contribution < 1.29 is 0 Å². The molecule has 6 heteroatoms. The average Bonchev–Trinajstić information content (AvgIpc) is 3.64. The van der Waals surface area contributed by atoms with E-state index in [0.29, 0.717) is 0 Å². The topological polar surface area (TPSA) is 62.6 Å². The Morgan fingerprint density at radius 3 is 2.53 bits per heavy atom. The summed E-state index contributed by atoms with van der Waals surface area (Å²) in [6.45, 7) is 2.28. The molecule has 1 fully saturated rings. The summed E-state index contributed by atoms with van der Waals surface area (Å²) in [5.74, 6) is 1.03. The Morgan fingerprint density at radius 1 is 0.824 bits per heavy atom. The van der Waals surface area contributed by atoms with Crippen LogP contribution in [0.1, 0.15) is 12.8 Å². The molecular formula is C28H26N6. The normalized spacial score (nSPS) is 13.5. The third-order valence-corrected chi connectivity index (χ3v) is 6.48. The number of hydrogen-bond donors (Lipinski definition) is 1. The number of H-pyrrole nitrogens is 1. The first-order valence-corrected chi connectivity index (χ1v) is 11.7. The predicted octanol–water partition coefficient (Wildman–Crippen LogP) is 5.95. The fourth-order valence-electron chi connectivity index (χ4n) is 4.67. The Bertz CT molecular complexity index is 1550. The van der Waals surface area contributed by atoms with E-state index in [4.69, 9.17) is 0 Å². The van der Waals surface area contributed by atoms with Crippen molar-refractivity contribution in [1.29, 1.82) is 0 Å². The van der Waals surface area contributed by atoms with E-state index >= 15 is 0 Å². The molecule has 0 bridgehead atoms. The van der Waals surface area contributed by atoms with E-state index in [1.54, 1.807) is 12.4 Å². The minimum Gasteiger partial charge on any atom is -0.351 e. The van der Waals surface area contributed by atoms with E-state index in [2.05, 4.69) is 79.0 Å². The smallest absolute Gasteiger partial charge is 0.203 e. The highest BCUT2D eigenvalue weighted by atomic mass is 15.3. The van der Waals surface area contributed by atoms with Gasteiger partial charge in [0.05, 0.1) is 22.1 Å². The summed E-state index contributed by atoms with van der Waals surface area (Å²) in [7, 11) is 2.06. The quantitative estimate of drug-likeness (QED) is 0.357. The number of nitrogens with one attached hydrogen (secondary N) is 1. The monoisotopic (exact) mass is 446 g/mol. The van der Waals surface area contributed by atoms with Crippen molar-refractivity contribution in [3.63, 3.8) is 0 Å². The minimum absolute atomic E-state index is 0.928. The van der Waals surface area contributed by atoms with E-state index in [1.165, 1.54) is 29.3 Å². The molecule has 34 heavy (non-hydrogen) atoms. The number of rotatable bonds is 2. The van der Waals surface area contributed by atoms with Gasteiger partial charge < -0.3 is 14.5 Å². The zero-order chi connectivity index (χ0) is 22.9. The van der Waals surface area contributed by atoms with Gasteiger partial charge in [0.15, 0.2) is 0 Å². The van der Waals surface area contributed by atoms with Gasteiger partial charge in [0.1, 0.15) is 0 Å². The predicted molar refractivity (Wildman–Crippen MR) is 139 cm³/mol. The van der Waals surface area contributed by atoms with Crippen molar-refractivity contribution in [2.24, 2.45) is 7.05 Å². The van der Waals surface area contributed by atoms with Gasteiger partial charge in [0, 0.05) is 49.8 Å². The highest BCUT2D eigenvalue weighted by Gasteiger charge is 2.15. The number of aromatic nitrogens is 5. The van der Waals surface area contributed by atoms with Crippen LogP contribution in [0.3, 0.4) is 0 Å². The number of fused-ring (bicyclic) bond motifs is 3. The molecule has 6 nitrogen and oxygen atoms in total. The van der Waals surface area contributed by atoms with Crippen molar-refractivity contribution in [2.45, 2.75) is 12.8 Å². The molecule has 1 aliphatic rings. The van der Waals surface area contributed by atoms with Crippen molar-refractivity contribution in [1.82, 2.24) is 24.5 Å². The molecule has 6 aromatic rings. The van der Waals surface area contributed by atoms with Gasteiger partial charge in [-0.15, -0.1) is 0 Å². The van der Waals surface area contributed by atoms with Crippen LogP contribution in [0.4, 0.5) is 5.95 Å². The zero-order valence-corrected chi connectivity index (χ0v) is 19.1. The van der Waals surface area contributed by atoms with Gasteiger partial charge >= 0.3 is 0 Å². The van der Waals surface area contributed by atoms with Gasteiger partial charge in [-0.1, -0.05) is 36.4 Å². The third-order valence-electron chi connectivity index (χ3n) is 6.48. The van der Waals surface area contributed by atoms with Gasteiger partial charge in [-0.05, 0) is 54.1 Å². The highest BCUT2D eigenvalue weighted by Crippen LogP contribution is 2.29. The molecule has 0 atom stereocenters. The maximum Gasteiger partial charge on any atom is 0.203 e. The summed E-state index contributed by atoms with van der Waals surface area (Å²) in [6, 6.07) is 22.9. The van der Waals surface area contributed by atoms with Gasteiger partial charge in [0.2, 0.25) is 5.95 Å². The van der Waals surface area contributed by atoms with Gasteiger partial charge in [-0.3, -0.25) is 9.97 Å². The van der Waals surface area contributed by atoms with Crippen LogP contribution in [0.5, 0.6) is 0 Å². The molecule has 3 aromatic heterocycles. The lowest BCUT2D eigenvalue weighted by molar-refractivity contribution is 0.922. The third kappa shape index (κ3) is 3.77. The van der Waals surface area contributed by atoms with Crippen LogP contribution in [0.25, 0.3) is 44.1 Å². The summed E-state index contributed by atoms with van der Waals surface area (Å²) in [6.07, 6.45) is 8.13. The number of nitrogens with zero attached hydrogens (tertiary/aromatic N) is 5. The average molecular weight is 447 g/mol. The number of aryl methyl sites for hydroxylation is 1. The number of para-hydroxylation sites is 3. The SMILES string of the molecule is Cn1ccc2ccc(-c3cccc4nccnc34)cc21.c1ccc2[nH]c(N3CCCC3)nc2c1. The maximum absolute atomic E-state index is 4.57. The van der Waals surface area contributed by atoms with E-state index in [0.717, 1.165) is 46.7 Å². The number of benzene rings is 3. The Labute approximate surface area is 197 Å². The van der Waals surface area contributed by atoms with E-state index in [1.807, 2.05) is 30.3 Å². The first-order chi connectivity index (χ1) is 16.8. The maximum atomic E-state index is 4.57. The van der Waals surface area contributed by atoms with Crippen molar-refractivity contribution in [2.75, 3.05) is 18.0 Å². The van der Waals surface area contributed by atoms with Gasteiger partial charge in [-0.2, -0.15) is 0 Å². The molecule has 4 heterocycles. The van der Waals surface area contributed by atoms with Crippen LogP contribution in [0, 0.1) is 0 Å². The largest absolute Gasteiger partial charge is 0.351 e. The van der Waals surface area contributed by atoms with Gasteiger partial charge in [-0.25, -0.2) is 4.98 Å². The molecule has 0 spiro atoms. The molecule has 7 rings (SSSR count). The fraction of sp³-hybridized carbons (Fsp3) is 0.179. The van der Waals surface area contributed by atoms with Crippen LogP contribution >= 0.6 is 0 Å². The Balaban J connectivity index is 0.000000136. The van der Waals surface area contributed by atoms with E-state index in [9.17, 15) is 0 Å². The second-order valence-electron chi connectivity index (χ2n) is 8.70. The fourth-order valence-corrected chi connectivity index (χ4v) is 4.67. The lowest BCUT2D eigenvalue weighted by atomic mass is 10.0. The molecule has 168 valence electrons. The summed E-state index contributed by atoms with van der Waals surface area (Å²) in [5.41, 5.74) is 7.59. The van der Waals surface area contributed by atoms with Gasteiger partial charge in [0.25, 0.3) is 0 Å². The molecule has 1 aliphatic heterocycles.